The zero-order valence-electron chi connectivity index (χ0n) is 14.4. The van der Waals surface area contributed by atoms with Crippen LogP contribution in [-0.4, -0.2) is 31.7 Å². The molecule has 1 aliphatic heterocycles. The average molecular weight is 371 g/mol. The molecule has 0 spiro atoms. The van der Waals surface area contributed by atoms with Crippen LogP contribution in [0.1, 0.15) is 12.0 Å². The number of anilines is 1. The van der Waals surface area contributed by atoms with Gasteiger partial charge in [0.25, 0.3) is 5.91 Å². The molecule has 7 heteroatoms. The van der Waals surface area contributed by atoms with Crippen LogP contribution in [0.3, 0.4) is 0 Å². The van der Waals surface area contributed by atoms with E-state index < -0.39 is 24.3 Å². The zero-order valence-corrected chi connectivity index (χ0v) is 14.4. The van der Waals surface area contributed by atoms with E-state index in [4.69, 9.17) is 14.2 Å². The van der Waals surface area contributed by atoms with Crippen LogP contribution in [0.25, 0.3) is 6.08 Å². The molecule has 0 saturated heterocycles. The van der Waals surface area contributed by atoms with Gasteiger partial charge in [-0.05, 0) is 24.3 Å². The summed E-state index contributed by atoms with van der Waals surface area (Å²) in [5.74, 6) is -0.525. The second-order valence-corrected chi connectivity index (χ2v) is 5.72. The van der Waals surface area contributed by atoms with Crippen molar-refractivity contribution in [3.8, 4) is 11.5 Å². The molecule has 3 rings (SSSR count). The third-order valence-corrected chi connectivity index (χ3v) is 3.68. The first kappa shape index (κ1) is 18.4. The molecule has 0 aliphatic carbocycles. The van der Waals surface area contributed by atoms with Crippen molar-refractivity contribution < 1.29 is 28.2 Å². The Labute approximate surface area is 155 Å². The summed E-state index contributed by atoms with van der Waals surface area (Å²) in [6, 6.07) is 11.0. The summed E-state index contributed by atoms with van der Waals surface area (Å²) in [6.07, 6.45) is 3.14. The molecular formula is C20H18FNO5. The van der Waals surface area contributed by atoms with Gasteiger partial charge in [0.1, 0.15) is 5.82 Å². The van der Waals surface area contributed by atoms with Crippen LogP contribution in [0.5, 0.6) is 11.5 Å². The van der Waals surface area contributed by atoms with Gasteiger partial charge in [-0.2, -0.15) is 0 Å². The monoisotopic (exact) mass is 371 g/mol. The number of benzene rings is 2. The Balaban J connectivity index is 1.50. The highest BCUT2D eigenvalue weighted by Crippen LogP contribution is 2.32. The molecule has 0 radical (unpaired) electrons. The maximum absolute atomic E-state index is 13.5. The number of amides is 1. The molecule has 2 aromatic carbocycles. The Bertz CT molecular complexity index is 865. The van der Waals surface area contributed by atoms with E-state index in [1.807, 2.05) is 0 Å². The van der Waals surface area contributed by atoms with Crippen molar-refractivity contribution in [2.75, 3.05) is 25.1 Å². The van der Waals surface area contributed by atoms with Crippen LogP contribution in [0.4, 0.5) is 10.1 Å². The van der Waals surface area contributed by atoms with Gasteiger partial charge < -0.3 is 19.5 Å². The highest BCUT2D eigenvalue weighted by Gasteiger charge is 2.12. The average Bonchev–Trinajstić information content (AvgIpc) is 2.90. The summed E-state index contributed by atoms with van der Waals surface area (Å²) in [7, 11) is 0. The topological polar surface area (TPSA) is 73.9 Å². The molecule has 0 fully saturated rings. The fraction of sp³-hybridized carbons (Fsp3) is 0.200. The summed E-state index contributed by atoms with van der Waals surface area (Å²) in [5, 5.41) is 2.61. The van der Waals surface area contributed by atoms with Crippen LogP contribution in [0.2, 0.25) is 0 Å². The zero-order chi connectivity index (χ0) is 19.1. The van der Waals surface area contributed by atoms with Crippen LogP contribution < -0.4 is 14.8 Å². The largest absolute Gasteiger partial charge is 0.490 e. The quantitative estimate of drug-likeness (QED) is 0.645. The van der Waals surface area contributed by atoms with Crippen LogP contribution in [-0.2, 0) is 14.3 Å². The molecule has 140 valence electrons. The van der Waals surface area contributed by atoms with Crippen molar-refractivity contribution in [2.45, 2.75) is 6.42 Å². The second-order valence-electron chi connectivity index (χ2n) is 5.72. The third-order valence-electron chi connectivity index (χ3n) is 3.68. The number of esters is 1. The molecule has 6 nitrogen and oxygen atoms in total. The van der Waals surface area contributed by atoms with E-state index in [9.17, 15) is 14.0 Å². The van der Waals surface area contributed by atoms with E-state index in [2.05, 4.69) is 5.32 Å². The van der Waals surface area contributed by atoms with Gasteiger partial charge in [0, 0.05) is 29.8 Å². The highest BCUT2D eigenvalue weighted by molar-refractivity contribution is 5.94. The van der Waals surface area contributed by atoms with Crippen LogP contribution in [0.15, 0.2) is 48.5 Å². The second kappa shape index (κ2) is 8.84. The van der Waals surface area contributed by atoms with Gasteiger partial charge in [0.15, 0.2) is 18.1 Å². The number of carbonyl (C=O) groups excluding carboxylic acids is 2. The fourth-order valence-corrected chi connectivity index (χ4v) is 2.39. The van der Waals surface area contributed by atoms with Gasteiger partial charge in [-0.3, -0.25) is 4.79 Å². The Hall–Kier alpha value is -3.35. The van der Waals surface area contributed by atoms with Crippen LogP contribution >= 0.6 is 0 Å². The van der Waals surface area contributed by atoms with E-state index in [1.165, 1.54) is 18.2 Å². The van der Waals surface area contributed by atoms with Gasteiger partial charge >= 0.3 is 5.97 Å². The molecule has 1 amide bonds. The Kier molecular flexibility index (Phi) is 6.04. The van der Waals surface area contributed by atoms with Gasteiger partial charge in [-0.25, -0.2) is 9.18 Å². The van der Waals surface area contributed by atoms with Gasteiger partial charge in [0.05, 0.1) is 13.2 Å². The maximum atomic E-state index is 13.5. The molecule has 1 N–H and O–H groups in total. The number of hydrogen-bond donors (Lipinski definition) is 1. The number of nitrogens with one attached hydrogen (secondary N) is 1. The van der Waals surface area contributed by atoms with E-state index in [1.54, 1.807) is 30.3 Å². The molecule has 0 bridgehead atoms. The SMILES string of the molecule is O=C(COC(=O)/C=C/c1ccccc1F)Nc1ccc2c(c1)OCCCO2. The lowest BCUT2D eigenvalue weighted by molar-refractivity contribution is -0.142. The molecule has 27 heavy (non-hydrogen) atoms. The lowest BCUT2D eigenvalue weighted by Crippen LogP contribution is -2.20. The Morgan fingerprint density at radius 1 is 1.11 bits per heavy atom. The number of carbonyl (C=O) groups is 2. The Morgan fingerprint density at radius 2 is 1.89 bits per heavy atom. The molecule has 1 heterocycles. The van der Waals surface area contributed by atoms with Crippen molar-refractivity contribution in [1.29, 1.82) is 0 Å². The standard InChI is InChI=1S/C20H18FNO5/c21-16-5-2-1-4-14(16)6-9-20(24)27-13-19(23)22-15-7-8-17-18(12-15)26-11-3-10-25-17/h1-2,4-9,12H,3,10-11,13H2,(H,22,23)/b9-6+. The number of fused-ring (bicyclic) bond motifs is 1. The first-order valence-corrected chi connectivity index (χ1v) is 8.41. The lowest BCUT2D eigenvalue weighted by Gasteiger charge is -2.10. The van der Waals surface area contributed by atoms with Gasteiger partial charge in [-0.1, -0.05) is 18.2 Å². The summed E-state index contributed by atoms with van der Waals surface area (Å²) in [4.78, 5) is 23.6. The van der Waals surface area contributed by atoms with Crippen molar-refractivity contribution in [3.63, 3.8) is 0 Å². The van der Waals surface area contributed by atoms with Crippen LogP contribution in [0, 0.1) is 5.82 Å². The van der Waals surface area contributed by atoms with Crippen molar-refractivity contribution >= 4 is 23.6 Å². The highest BCUT2D eigenvalue weighted by atomic mass is 19.1. The first-order chi connectivity index (χ1) is 13.1. The maximum Gasteiger partial charge on any atom is 0.331 e. The summed E-state index contributed by atoms with van der Waals surface area (Å²) >= 11 is 0. The van der Waals surface area contributed by atoms with E-state index in [0.717, 1.165) is 12.5 Å². The normalized spacial score (nSPS) is 13.1. The fourth-order valence-electron chi connectivity index (χ4n) is 2.39. The number of ether oxygens (including phenoxy) is 3. The number of rotatable bonds is 5. The van der Waals surface area contributed by atoms with E-state index in [0.29, 0.717) is 30.4 Å². The summed E-state index contributed by atoms with van der Waals surface area (Å²) in [6.45, 7) is 0.653. The van der Waals surface area contributed by atoms with E-state index in [-0.39, 0.29) is 5.56 Å². The predicted octanol–water partition coefficient (Wildman–Crippen LogP) is 3.18. The molecule has 0 atom stereocenters. The lowest BCUT2D eigenvalue weighted by atomic mass is 10.2. The van der Waals surface area contributed by atoms with Gasteiger partial charge in [-0.15, -0.1) is 0 Å². The summed E-state index contributed by atoms with van der Waals surface area (Å²) < 4.78 is 29.4. The minimum Gasteiger partial charge on any atom is -0.490 e. The predicted molar refractivity (Wildman–Crippen MR) is 97.1 cm³/mol. The minimum atomic E-state index is -0.743. The molecule has 0 aromatic heterocycles. The van der Waals surface area contributed by atoms with Gasteiger partial charge in [0.2, 0.25) is 0 Å². The first-order valence-electron chi connectivity index (χ1n) is 8.41. The third kappa shape index (κ3) is 5.31. The number of hydrogen-bond acceptors (Lipinski definition) is 5. The van der Waals surface area contributed by atoms with Crippen molar-refractivity contribution in [1.82, 2.24) is 0 Å². The minimum absolute atomic E-state index is 0.256. The Morgan fingerprint density at radius 3 is 2.70 bits per heavy atom. The summed E-state index contributed by atoms with van der Waals surface area (Å²) in [5.41, 5.74) is 0.758. The van der Waals surface area contributed by atoms with Crippen molar-refractivity contribution in [2.24, 2.45) is 0 Å². The molecule has 2 aromatic rings. The van der Waals surface area contributed by atoms with Crippen molar-refractivity contribution in [3.05, 3.63) is 59.9 Å². The molecule has 1 aliphatic rings. The smallest absolute Gasteiger partial charge is 0.331 e. The molecular weight excluding hydrogens is 353 g/mol. The van der Waals surface area contributed by atoms with E-state index >= 15 is 0 Å². The molecule has 0 unspecified atom stereocenters. The number of halogens is 1. The molecule has 0 saturated carbocycles.